The molecule has 0 aliphatic carbocycles. The molecule has 0 atom stereocenters. The normalized spacial score (nSPS) is 11.9. The van der Waals surface area contributed by atoms with Crippen molar-refractivity contribution in [3.8, 4) is 51.0 Å². The molecule has 0 bridgehead atoms. The molecule has 0 spiro atoms. The van der Waals surface area contributed by atoms with Crippen LogP contribution >= 0.6 is 0 Å². The summed E-state index contributed by atoms with van der Waals surface area (Å²) >= 11 is 0. The largest absolute Gasteiger partial charge is 0.456 e. The highest BCUT2D eigenvalue weighted by molar-refractivity contribution is 6.18. The van der Waals surface area contributed by atoms with E-state index in [4.69, 9.17) is 23.8 Å². The molecule has 12 rings (SSSR count). The summed E-state index contributed by atoms with van der Waals surface area (Å²) in [6, 6.07) is 62.6. The minimum atomic E-state index is 0.576. The number of para-hydroxylation sites is 2. The molecule has 0 N–H and O–H groups in total. The monoisotopic (exact) mass is 730 g/mol. The highest BCUT2D eigenvalue weighted by atomic mass is 16.3. The van der Waals surface area contributed by atoms with Crippen molar-refractivity contribution in [1.29, 1.82) is 0 Å². The minimum absolute atomic E-state index is 0.576. The lowest BCUT2D eigenvalue weighted by Crippen LogP contribution is -2.00. The Morgan fingerprint density at radius 1 is 0.333 bits per heavy atom. The zero-order valence-electron chi connectivity index (χ0n) is 30.4. The number of benzene rings is 8. The van der Waals surface area contributed by atoms with Crippen LogP contribution in [0.1, 0.15) is 0 Å². The second-order valence-electron chi connectivity index (χ2n) is 14.4. The van der Waals surface area contributed by atoms with Gasteiger partial charge in [0, 0.05) is 60.8 Å². The molecule has 0 saturated heterocycles. The van der Waals surface area contributed by atoms with Gasteiger partial charge in [0.2, 0.25) is 0 Å². The summed E-state index contributed by atoms with van der Waals surface area (Å²) in [5.41, 5.74) is 11.4. The van der Waals surface area contributed by atoms with Gasteiger partial charge in [0.15, 0.2) is 17.5 Å². The van der Waals surface area contributed by atoms with Gasteiger partial charge >= 0.3 is 0 Å². The highest BCUT2D eigenvalue weighted by Gasteiger charge is 2.21. The second-order valence-corrected chi connectivity index (χ2v) is 14.4. The van der Waals surface area contributed by atoms with Crippen molar-refractivity contribution in [2.75, 3.05) is 0 Å². The van der Waals surface area contributed by atoms with E-state index in [2.05, 4.69) is 126 Å². The fourth-order valence-electron chi connectivity index (χ4n) is 8.42. The smallest absolute Gasteiger partial charge is 0.164 e. The molecule has 6 heteroatoms. The molecule has 0 radical (unpaired) electrons. The van der Waals surface area contributed by atoms with E-state index in [1.54, 1.807) is 0 Å². The highest BCUT2D eigenvalue weighted by Crippen LogP contribution is 2.41. The molecule has 0 amide bonds. The first-order valence-electron chi connectivity index (χ1n) is 19.0. The maximum absolute atomic E-state index is 6.55. The molecule has 12 aromatic rings. The molecular weight excluding hydrogens is 701 g/mol. The molecule has 0 unspecified atom stereocenters. The fourth-order valence-corrected chi connectivity index (χ4v) is 8.42. The van der Waals surface area contributed by atoms with Gasteiger partial charge in [0.25, 0.3) is 0 Å². The lowest BCUT2D eigenvalue weighted by atomic mass is 10.0. The predicted octanol–water partition coefficient (Wildman–Crippen LogP) is 13.4. The lowest BCUT2D eigenvalue weighted by Gasteiger charge is -2.11. The number of hydrogen-bond acceptors (Lipinski definition) is 5. The average molecular weight is 731 g/mol. The molecule has 4 heterocycles. The SMILES string of the molecule is c1ccc(-c2cccc(-c3nc(-c4ccccc4)nc(-c4cccc5oc6ccc(-n7c8ccccc8c8cc9c(cc87)oc7ccccc79)cc6c45)n3)c2)cc1. The third-order valence-electron chi connectivity index (χ3n) is 11.0. The Hall–Kier alpha value is -7.83. The standard InChI is InChI=1S/C51H30N4O2/c1-3-13-31(14-4-1)33-17-11-18-34(27-33)50-52-49(32-15-5-2-6-16-32)53-51(54-50)38-21-12-24-46-48(38)41-28-35(25-26-45(41)56-46)55-42-22-9-7-19-36(42)39-29-40-37-20-8-10-23-44(37)57-47(40)30-43(39)55/h1-30H. The van der Waals surface area contributed by atoms with Gasteiger partial charge in [-0.15, -0.1) is 0 Å². The Bertz CT molecular complexity index is 3530. The number of fused-ring (bicyclic) bond motifs is 9. The lowest BCUT2D eigenvalue weighted by molar-refractivity contribution is 0.668. The van der Waals surface area contributed by atoms with Crippen LogP contribution < -0.4 is 0 Å². The summed E-state index contributed by atoms with van der Waals surface area (Å²) in [4.78, 5) is 15.4. The van der Waals surface area contributed by atoms with Crippen molar-refractivity contribution < 1.29 is 8.83 Å². The van der Waals surface area contributed by atoms with Crippen LogP contribution in [0.4, 0.5) is 0 Å². The molecule has 0 fully saturated rings. The van der Waals surface area contributed by atoms with E-state index in [-0.39, 0.29) is 0 Å². The topological polar surface area (TPSA) is 69.9 Å². The maximum Gasteiger partial charge on any atom is 0.164 e. The number of furan rings is 2. The van der Waals surface area contributed by atoms with Crippen molar-refractivity contribution >= 4 is 65.7 Å². The summed E-state index contributed by atoms with van der Waals surface area (Å²) in [5.74, 6) is 1.78. The van der Waals surface area contributed by atoms with Gasteiger partial charge in [-0.1, -0.05) is 127 Å². The summed E-state index contributed by atoms with van der Waals surface area (Å²) in [7, 11) is 0. The number of nitrogens with zero attached hydrogens (tertiary/aromatic N) is 4. The third kappa shape index (κ3) is 5.01. The van der Waals surface area contributed by atoms with Crippen molar-refractivity contribution in [2.24, 2.45) is 0 Å². The van der Waals surface area contributed by atoms with Crippen molar-refractivity contribution in [2.45, 2.75) is 0 Å². The van der Waals surface area contributed by atoms with Crippen LogP contribution in [0.5, 0.6) is 0 Å². The molecule has 0 aliphatic heterocycles. The molecule has 57 heavy (non-hydrogen) atoms. The first-order chi connectivity index (χ1) is 28.2. The summed E-state index contributed by atoms with van der Waals surface area (Å²) in [5, 5.41) is 6.50. The fraction of sp³-hybridized carbons (Fsp3) is 0. The first kappa shape index (κ1) is 31.5. The molecule has 6 nitrogen and oxygen atoms in total. The number of hydrogen-bond donors (Lipinski definition) is 0. The molecule has 266 valence electrons. The Balaban J connectivity index is 1.08. The van der Waals surface area contributed by atoms with E-state index in [0.717, 1.165) is 88.4 Å². The number of rotatable bonds is 5. The van der Waals surface area contributed by atoms with Crippen molar-refractivity contribution in [3.63, 3.8) is 0 Å². The van der Waals surface area contributed by atoms with Gasteiger partial charge in [0.1, 0.15) is 22.3 Å². The minimum Gasteiger partial charge on any atom is -0.456 e. The quantitative estimate of drug-likeness (QED) is 0.176. The zero-order valence-corrected chi connectivity index (χ0v) is 30.4. The van der Waals surface area contributed by atoms with E-state index in [1.807, 2.05) is 60.7 Å². The van der Waals surface area contributed by atoms with Gasteiger partial charge < -0.3 is 13.4 Å². The molecule has 8 aromatic carbocycles. The average Bonchev–Trinajstić information content (AvgIpc) is 3.95. The van der Waals surface area contributed by atoms with Crippen LogP contribution in [0.25, 0.3) is 117 Å². The van der Waals surface area contributed by atoms with E-state index in [0.29, 0.717) is 17.5 Å². The van der Waals surface area contributed by atoms with Crippen molar-refractivity contribution in [1.82, 2.24) is 19.5 Å². The molecule has 0 aliphatic rings. The summed E-state index contributed by atoms with van der Waals surface area (Å²) in [6.45, 7) is 0. The van der Waals surface area contributed by atoms with Crippen LogP contribution in [0.3, 0.4) is 0 Å². The Labute approximate surface area is 325 Å². The molecule has 0 saturated carbocycles. The number of aromatic nitrogens is 4. The van der Waals surface area contributed by atoms with E-state index < -0.39 is 0 Å². The second kappa shape index (κ2) is 12.3. The van der Waals surface area contributed by atoms with Gasteiger partial charge in [-0.2, -0.15) is 0 Å². The van der Waals surface area contributed by atoms with Gasteiger partial charge in [-0.25, -0.2) is 15.0 Å². The van der Waals surface area contributed by atoms with Gasteiger partial charge in [-0.3, -0.25) is 0 Å². The van der Waals surface area contributed by atoms with E-state index in [1.165, 1.54) is 10.8 Å². The Morgan fingerprint density at radius 3 is 1.82 bits per heavy atom. The Kier molecular flexibility index (Phi) is 6.83. The van der Waals surface area contributed by atoms with E-state index >= 15 is 0 Å². The van der Waals surface area contributed by atoms with Gasteiger partial charge in [-0.05, 0) is 59.7 Å². The van der Waals surface area contributed by atoms with Crippen LogP contribution in [0, 0.1) is 0 Å². The van der Waals surface area contributed by atoms with Crippen LogP contribution in [-0.2, 0) is 0 Å². The maximum atomic E-state index is 6.55. The molecule has 4 aromatic heterocycles. The van der Waals surface area contributed by atoms with Crippen LogP contribution in [0.15, 0.2) is 191 Å². The summed E-state index contributed by atoms with van der Waals surface area (Å²) in [6.07, 6.45) is 0. The van der Waals surface area contributed by atoms with E-state index in [9.17, 15) is 0 Å². The zero-order chi connectivity index (χ0) is 37.5. The molecular formula is C51H30N4O2. The van der Waals surface area contributed by atoms with Crippen LogP contribution in [0.2, 0.25) is 0 Å². The Morgan fingerprint density at radius 2 is 0.965 bits per heavy atom. The first-order valence-corrected chi connectivity index (χ1v) is 19.0. The van der Waals surface area contributed by atoms with Crippen molar-refractivity contribution in [3.05, 3.63) is 182 Å². The van der Waals surface area contributed by atoms with Gasteiger partial charge in [0.05, 0.1) is 11.0 Å². The van der Waals surface area contributed by atoms with Crippen LogP contribution in [-0.4, -0.2) is 19.5 Å². The third-order valence-corrected chi connectivity index (χ3v) is 11.0. The predicted molar refractivity (Wildman–Crippen MR) is 230 cm³/mol. The summed E-state index contributed by atoms with van der Waals surface area (Å²) < 4.78 is 15.3.